The molecule has 0 aliphatic carbocycles. The monoisotopic (exact) mass is 326 g/mol. The van der Waals surface area contributed by atoms with E-state index < -0.39 is 0 Å². The minimum atomic E-state index is 0.701. The van der Waals surface area contributed by atoms with Gasteiger partial charge < -0.3 is 15.0 Å². The summed E-state index contributed by atoms with van der Waals surface area (Å²) in [5, 5.41) is 3.34. The lowest BCUT2D eigenvalue weighted by atomic mass is 10.1. The third-order valence-electron chi connectivity index (χ3n) is 4.44. The lowest BCUT2D eigenvalue weighted by Gasteiger charge is -2.21. The van der Waals surface area contributed by atoms with E-state index in [2.05, 4.69) is 26.3 Å². The van der Waals surface area contributed by atoms with Gasteiger partial charge in [0.05, 0.1) is 7.11 Å². The summed E-state index contributed by atoms with van der Waals surface area (Å²) in [6.07, 6.45) is 7.87. The van der Waals surface area contributed by atoms with Crippen molar-refractivity contribution in [2.45, 2.75) is 32.1 Å². The number of methoxy groups -OCH3 is 1. The summed E-state index contributed by atoms with van der Waals surface area (Å²) in [5.74, 6) is 2.66. The van der Waals surface area contributed by atoms with Crippen molar-refractivity contribution in [1.82, 2.24) is 9.97 Å². The highest BCUT2D eigenvalue weighted by atomic mass is 16.5. The number of aromatic nitrogens is 2. The Hall–Kier alpha value is -2.30. The molecule has 2 aromatic rings. The summed E-state index contributed by atoms with van der Waals surface area (Å²) >= 11 is 0. The zero-order valence-corrected chi connectivity index (χ0v) is 14.4. The Morgan fingerprint density at radius 3 is 2.67 bits per heavy atom. The summed E-state index contributed by atoms with van der Waals surface area (Å²) < 4.78 is 5.39. The van der Waals surface area contributed by atoms with Crippen LogP contribution in [0.1, 0.15) is 31.2 Å². The average Bonchev–Trinajstić information content (AvgIpc) is 2.92. The van der Waals surface area contributed by atoms with Crippen molar-refractivity contribution in [2.24, 2.45) is 0 Å². The minimum absolute atomic E-state index is 0.701. The van der Waals surface area contributed by atoms with E-state index >= 15 is 0 Å². The fourth-order valence-electron chi connectivity index (χ4n) is 3.13. The molecule has 2 heterocycles. The van der Waals surface area contributed by atoms with Gasteiger partial charge in [0, 0.05) is 25.8 Å². The molecule has 1 aromatic carbocycles. The molecule has 1 saturated heterocycles. The Labute approximate surface area is 144 Å². The van der Waals surface area contributed by atoms with Crippen molar-refractivity contribution in [3.8, 4) is 5.75 Å². The second-order valence-corrected chi connectivity index (χ2v) is 6.13. The quantitative estimate of drug-likeness (QED) is 0.880. The molecule has 1 aromatic heterocycles. The van der Waals surface area contributed by atoms with Crippen LogP contribution in [0.15, 0.2) is 36.5 Å². The van der Waals surface area contributed by atoms with Gasteiger partial charge in [0.2, 0.25) is 5.95 Å². The van der Waals surface area contributed by atoms with E-state index in [-0.39, 0.29) is 0 Å². The molecule has 3 rings (SSSR count). The maximum absolute atomic E-state index is 5.39. The van der Waals surface area contributed by atoms with Crippen LogP contribution in [0.25, 0.3) is 0 Å². The van der Waals surface area contributed by atoms with Crippen molar-refractivity contribution in [1.29, 1.82) is 0 Å². The molecule has 128 valence electrons. The molecule has 0 spiro atoms. The summed E-state index contributed by atoms with van der Waals surface area (Å²) in [6.45, 7) is 2.97. The molecule has 0 bridgehead atoms. The fourth-order valence-corrected chi connectivity index (χ4v) is 3.13. The topological polar surface area (TPSA) is 50.3 Å². The number of hydrogen-bond acceptors (Lipinski definition) is 5. The third-order valence-corrected chi connectivity index (χ3v) is 4.44. The number of nitrogens with one attached hydrogen (secondary N) is 1. The number of benzene rings is 1. The molecule has 1 N–H and O–H groups in total. The zero-order valence-electron chi connectivity index (χ0n) is 14.4. The lowest BCUT2D eigenvalue weighted by molar-refractivity contribution is 0.410. The predicted octanol–water partition coefficient (Wildman–Crippen LogP) is 3.52. The van der Waals surface area contributed by atoms with Gasteiger partial charge in [-0.25, -0.2) is 4.98 Å². The highest BCUT2D eigenvalue weighted by molar-refractivity contribution is 5.43. The van der Waals surface area contributed by atoms with E-state index in [1.807, 2.05) is 30.5 Å². The van der Waals surface area contributed by atoms with E-state index in [4.69, 9.17) is 4.74 Å². The summed E-state index contributed by atoms with van der Waals surface area (Å²) in [6, 6.07) is 10.1. The Bertz CT molecular complexity index is 639. The normalized spacial score (nSPS) is 15.0. The van der Waals surface area contributed by atoms with Crippen molar-refractivity contribution in [3.05, 3.63) is 42.1 Å². The van der Waals surface area contributed by atoms with Gasteiger partial charge >= 0.3 is 0 Å². The largest absolute Gasteiger partial charge is 0.496 e. The highest BCUT2D eigenvalue weighted by Gasteiger charge is 2.11. The van der Waals surface area contributed by atoms with E-state index in [1.165, 1.54) is 31.2 Å². The summed E-state index contributed by atoms with van der Waals surface area (Å²) in [7, 11) is 1.71. The number of rotatable bonds is 6. The van der Waals surface area contributed by atoms with Gasteiger partial charge in [0.15, 0.2) is 0 Å². The van der Waals surface area contributed by atoms with E-state index in [9.17, 15) is 0 Å². The van der Waals surface area contributed by atoms with E-state index in [0.29, 0.717) is 5.95 Å². The molecule has 0 saturated carbocycles. The van der Waals surface area contributed by atoms with Crippen molar-refractivity contribution < 1.29 is 4.74 Å². The van der Waals surface area contributed by atoms with Gasteiger partial charge in [0.25, 0.3) is 0 Å². The van der Waals surface area contributed by atoms with E-state index in [1.54, 1.807) is 7.11 Å². The first-order valence-electron chi connectivity index (χ1n) is 8.80. The van der Waals surface area contributed by atoms with Crippen LogP contribution >= 0.6 is 0 Å². The Morgan fingerprint density at radius 1 is 1.08 bits per heavy atom. The Balaban J connectivity index is 1.58. The van der Waals surface area contributed by atoms with Crippen LogP contribution in [0.4, 0.5) is 11.8 Å². The molecule has 0 unspecified atom stereocenters. The molecule has 0 atom stereocenters. The standard InChI is InChI=1S/C19H26N4O/c1-24-17-9-5-4-8-16(17)10-12-20-19-21-13-11-18(22-19)23-14-6-2-3-7-15-23/h4-5,8-9,11,13H,2-3,6-7,10,12,14-15H2,1H3,(H,20,21,22). The molecular weight excluding hydrogens is 300 g/mol. The number of anilines is 2. The van der Waals surface area contributed by atoms with Crippen molar-refractivity contribution in [2.75, 3.05) is 37.0 Å². The number of ether oxygens (including phenoxy) is 1. The first-order chi connectivity index (χ1) is 11.9. The van der Waals surface area contributed by atoms with Crippen LogP contribution in [-0.4, -0.2) is 36.7 Å². The van der Waals surface area contributed by atoms with Crippen LogP contribution < -0.4 is 15.0 Å². The summed E-state index contributed by atoms with van der Waals surface area (Å²) in [4.78, 5) is 11.4. The van der Waals surface area contributed by atoms with Gasteiger partial charge in [0.1, 0.15) is 11.6 Å². The molecule has 5 nitrogen and oxygen atoms in total. The van der Waals surface area contributed by atoms with Gasteiger partial charge in [-0.05, 0) is 37.0 Å². The molecule has 5 heteroatoms. The number of hydrogen-bond donors (Lipinski definition) is 1. The Morgan fingerprint density at radius 2 is 1.88 bits per heavy atom. The first kappa shape index (κ1) is 16.6. The van der Waals surface area contributed by atoms with Crippen LogP contribution in [0.2, 0.25) is 0 Å². The molecule has 24 heavy (non-hydrogen) atoms. The minimum Gasteiger partial charge on any atom is -0.496 e. The van der Waals surface area contributed by atoms with Crippen LogP contribution in [0, 0.1) is 0 Å². The zero-order chi connectivity index (χ0) is 16.6. The molecule has 1 fully saturated rings. The highest BCUT2D eigenvalue weighted by Crippen LogP contribution is 2.19. The predicted molar refractivity (Wildman–Crippen MR) is 97.9 cm³/mol. The SMILES string of the molecule is COc1ccccc1CCNc1nccc(N2CCCCCC2)n1. The van der Waals surface area contributed by atoms with Crippen molar-refractivity contribution in [3.63, 3.8) is 0 Å². The maximum Gasteiger partial charge on any atom is 0.224 e. The van der Waals surface area contributed by atoms with Gasteiger partial charge in [-0.15, -0.1) is 0 Å². The van der Waals surface area contributed by atoms with Gasteiger partial charge in [-0.1, -0.05) is 31.0 Å². The Kier molecular flexibility index (Phi) is 5.88. The van der Waals surface area contributed by atoms with Gasteiger partial charge in [-0.3, -0.25) is 0 Å². The van der Waals surface area contributed by atoms with E-state index in [0.717, 1.165) is 37.6 Å². The molecule has 1 aliphatic rings. The number of para-hydroxylation sites is 1. The molecule has 0 amide bonds. The second kappa shape index (κ2) is 8.52. The van der Waals surface area contributed by atoms with Crippen LogP contribution in [0.3, 0.4) is 0 Å². The molecule has 1 aliphatic heterocycles. The van der Waals surface area contributed by atoms with Crippen molar-refractivity contribution >= 4 is 11.8 Å². The maximum atomic E-state index is 5.39. The van der Waals surface area contributed by atoms with Crippen LogP contribution in [0.5, 0.6) is 5.75 Å². The molecule has 0 radical (unpaired) electrons. The third kappa shape index (κ3) is 4.37. The first-order valence-corrected chi connectivity index (χ1v) is 8.80. The fraction of sp³-hybridized carbons (Fsp3) is 0.474. The second-order valence-electron chi connectivity index (χ2n) is 6.13. The summed E-state index contributed by atoms with van der Waals surface area (Å²) in [5.41, 5.74) is 1.19. The van der Waals surface area contributed by atoms with Gasteiger partial charge in [-0.2, -0.15) is 4.98 Å². The lowest BCUT2D eigenvalue weighted by Crippen LogP contribution is -2.25. The van der Waals surface area contributed by atoms with Crippen LogP contribution in [-0.2, 0) is 6.42 Å². The number of nitrogens with zero attached hydrogens (tertiary/aromatic N) is 3. The molecular formula is C19H26N4O. The smallest absolute Gasteiger partial charge is 0.224 e. The average molecular weight is 326 g/mol.